The molecule has 0 aliphatic heterocycles. The Labute approximate surface area is 99.6 Å². The summed E-state index contributed by atoms with van der Waals surface area (Å²) in [5.41, 5.74) is 7.03. The highest BCUT2D eigenvalue weighted by atomic mass is 16.1. The quantitative estimate of drug-likeness (QED) is 0.644. The third-order valence-corrected chi connectivity index (χ3v) is 2.33. The van der Waals surface area contributed by atoms with Gasteiger partial charge in [-0.25, -0.2) is 4.98 Å². The van der Waals surface area contributed by atoms with Crippen molar-refractivity contribution in [3.8, 4) is 0 Å². The van der Waals surface area contributed by atoms with Crippen LogP contribution in [0.15, 0.2) is 54.7 Å². The van der Waals surface area contributed by atoms with Crippen LogP contribution >= 0.6 is 0 Å². The Balaban J connectivity index is 2.18. The van der Waals surface area contributed by atoms with E-state index in [2.05, 4.69) is 4.98 Å². The third-order valence-electron chi connectivity index (χ3n) is 2.33. The SMILES string of the molecule is Nc1ncccc1C(=O)C=Cc1ccccc1. The van der Waals surface area contributed by atoms with E-state index in [0.717, 1.165) is 5.56 Å². The average Bonchev–Trinajstić information content (AvgIpc) is 2.38. The molecular formula is C14H12N2O. The van der Waals surface area contributed by atoms with Crippen molar-refractivity contribution in [2.75, 3.05) is 5.73 Å². The van der Waals surface area contributed by atoms with E-state index in [1.165, 1.54) is 6.08 Å². The average molecular weight is 224 g/mol. The molecule has 2 rings (SSSR count). The molecule has 0 aliphatic carbocycles. The smallest absolute Gasteiger partial charge is 0.189 e. The summed E-state index contributed by atoms with van der Waals surface area (Å²) in [6, 6.07) is 13.0. The number of carbonyl (C=O) groups is 1. The predicted molar refractivity (Wildman–Crippen MR) is 68.5 cm³/mol. The van der Waals surface area contributed by atoms with Gasteiger partial charge >= 0.3 is 0 Å². The molecule has 0 atom stereocenters. The Bertz CT molecular complexity index is 547. The van der Waals surface area contributed by atoms with E-state index in [1.807, 2.05) is 30.3 Å². The second-order valence-electron chi connectivity index (χ2n) is 3.54. The van der Waals surface area contributed by atoms with Gasteiger partial charge in [0.2, 0.25) is 0 Å². The molecule has 0 unspecified atom stereocenters. The molecule has 1 aromatic carbocycles. The number of ketones is 1. The molecule has 0 spiro atoms. The molecule has 0 fully saturated rings. The van der Waals surface area contributed by atoms with Crippen LogP contribution in [0.2, 0.25) is 0 Å². The van der Waals surface area contributed by atoms with Gasteiger partial charge in [-0.2, -0.15) is 0 Å². The highest BCUT2D eigenvalue weighted by molar-refractivity contribution is 6.09. The molecule has 1 heterocycles. The van der Waals surface area contributed by atoms with Crippen LogP contribution < -0.4 is 5.73 Å². The zero-order valence-electron chi connectivity index (χ0n) is 9.21. The summed E-state index contributed by atoms with van der Waals surface area (Å²) in [4.78, 5) is 15.7. The van der Waals surface area contributed by atoms with E-state index in [1.54, 1.807) is 24.4 Å². The molecule has 84 valence electrons. The molecule has 3 heteroatoms. The van der Waals surface area contributed by atoms with Crippen molar-refractivity contribution in [2.45, 2.75) is 0 Å². The summed E-state index contributed by atoms with van der Waals surface area (Å²) < 4.78 is 0. The summed E-state index contributed by atoms with van der Waals surface area (Å²) in [6.45, 7) is 0. The van der Waals surface area contributed by atoms with Gasteiger partial charge in [-0.05, 0) is 23.8 Å². The van der Waals surface area contributed by atoms with Crippen LogP contribution in [0.25, 0.3) is 6.08 Å². The van der Waals surface area contributed by atoms with E-state index < -0.39 is 0 Å². The standard InChI is InChI=1S/C14H12N2O/c15-14-12(7-4-10-16-14)13(17)9-8-11-5-2-1-3-6-11/h1-10H,(H2,15,16). The maximum absolute atomic E-state index is 11.8. The molecule has 0 radical (unpaired) electrons. The summed E-state index contributed by atoms with van der Waals surface area (Å²) >= 11 is 0. The van der Waals surface area contributed by atoms with Gasteiger partial charge in [0.25, 0.3) is 0 Å². The number of hydrogen-bond donors (Lipinski definition) is 1. The van der Waals surface area contributed by atoms with Crippen molar-refractivity contribution in [1.29, 1.82) is 0 Å². The fourth-order valence-corrected chi connectivity index (χ4v) is 1.45. The number of aromatic nitrogens is 1. The van der Waals surface area contributed by atoms with Gasteiger partial charge in [0.1, 0.15) is 5.82 Å². The number of hydrogen-bond acceptors (Lipinski definition) is 3. The van der Waals surface area contributed by atoms with Gasteiger partial charge in [-0.1, -0.05) is 36.4 Å². The number of allylic oxidation sites excluding steroid dienone is 1. The summed E-state index contributed by atoms with van der Waals surface area (Å²) in [5.74, 6) is 0.120. The van der Waals surface area contributed by atoms with Crippen molar-refractivity contribution in [3.05, 3.63) is 65.9 Å². The van der Waals surface area contributed by atoms with Crippen LogP contribution in [-0.2, 0) is 0 Å². The Kier molecular flexibility index (Phi) is 3.31. The molecule has 0 bridgehead atoms. The molecule has 0 amide bonds. The maximum atomic E-state index is 11.8. The number of carbonyl (C=O) groups excluding carboxylic acids is 1. The minimum atomic E-state index is -0.139. The minimum absolute atomic E-state index is 0.139. The summed E-state index contributed by atoms with van der Waals surface area (Å²) in [7, 11) is 0. The zero-order valence-corrected chi connectivity index (χ0v) is 9.21. The first kappa shape index (κ1) is 11.1. The Hall–Kier alpha value is -2.42. The second kappa shape index (κ2) is 5.07. The van der Waals surface area contributed by atoms with Crippen LogP contribution in [0, 0.1) is 0 Å². The number of rotatable bonds is 3. The molecule has 0 saturated carbocycles. The molecule has 2 N–H and O–H groups in total. The van der Waals surface area contributed by atoms with Crippen LogP contribution in [0.4, 0.5) is 5.82 Å². The number of anilines is 1. The highest BCUT2D eigenvalue weighted by Gasteiger charge is 2.05. The fraction of sp³-hybridized carbons (Fsp3) is 0. The molecule has 3 nitrogen and oxygen atoms in total. The molecule has 2 aromatic rings. The van der Waals surface area contributed by atoms with E-state index in [0.29, 0.717) is 5.56 Å². The Morgan fingerprint density at radius 3 is 2.59 bits per heavy atom. The monoisotopic (exact) mass is 224 g/mol. The summed E-state index contributed by atoms with van der Waals surface area (Å²) in [6.07, 6.45) is 4.82. The van der Waals surface area contributed by atoms with Crippen molar-refractivity contribution >= 4 is 17.7 Å². The lowest BCUT2D eigenvalue weighted by molar-refractivity contribution is 0.104. The number of nitrogen functional groups attached to an aromatic ring is 1. The lowest BCUT2D eigenvalue weighted by Crippen LogP contribution is -2.02. The van der Waals surface area contributed by atoms with Crippen molar-refractivity contribution in [3.63, 3.8) is 0 Å². The van der Waals surface area contributed by atoms with Crippen molar-refractivity contribution in [2.24, 2.45) is 0 Å². The van der Waals surface area contributed by atoms with Gasteiger partial charge in [0.05, 0.1) is 5.56 Å². The van der Waals surface area contributed by atoms with Crippen molar-refractivity contribution in [1.82, 2.24) is 4.98 Å². The topological polar surface area (TPSA) is 56.0 Å². The summed E-state index contributed by atoms with van der Waals surface area (Å²) in [5, 5.41) is 0. The van der Waals surface area contributed by atoms with E-state index in [9.17, 15) is 4.79 Å². The first-order valence-corrected chi connectivity index (χ1v) is 5.25. The lowest BCUT2D eigenvalue weighted by atomic mass is 10.1. The Morgan fingerprint density at radius 1 is 1.12 bits per heavy atom. The van der Waals surface area contributed by atoms with Crippen molar-refractivity contribution < 1.29 is 4.79 Å². The molecule has 0 saturated heterocycles. The van der Waals surface area contributed by atoms with Crippen LogP contribution in [0.5, 0.6) is 0 Å². The lowest BCUT2D eigenvalue weighted by Gasteiger charge is -1.98. The first-order chi connectivity index (χ1) is 8.27. The molecular weight excluding hydrogens is 212 g/mol. The minimum Gasteiger partial charge on any atom is -0.383 e. The first-order valence-electron chi connectivity index (χ1n) is 5.25. The normalized spacial score (nSPS) is 10.6. The van der Waals surface area contributed by atoms with Crippen LogP contribution in [0.3, 0.4) is 0 Å². The number of nitrogens with zero attached hydrogens (tertiary/aromatic N) is 1. The number of nitrogens with two attached hydrogens (primary N) is 1. The van der Waals surface area contributed by atoms with Gasteiger partial charge in [-0.3, -0.25) is 4.79 Å². The largest absolute Gasteiger partial charge is 0.383 e. The second-order valence-corrected chi connectivity index (χ2v) is 3.54. The molecule has 1 aromatic heterocycles. The molecule has 17 heavy (non-hydrogen) atoms. The predicted octanol–water partition coefficient (Wildman–Crippen LogP) is 2.56. The van der Waals surface area contributed by atoms with E-state index >= 15 is 0 Å². The third kappa shape index (κ3) is 2.78. The van der Waals surface area contributed by atoms with Gasteiger partial charge in [-0.15, -0.1) is 0 Å². The highest BCUT2D eigenvalue weighted by Crippen LogP contribution is 2.10. The fourth-order valence-electron chi connectivity index (χ4n) is 1.45. The van der Waals surface area contributed by atoms with Gasteiger partial charge in [0.15, 0.2) is 5.78 Å². The maximum Gasteiger partial charge on any atom is 0.189 e. The zero-order chi connectivity index (χ0) is 12.1. The van der Waals surface area contributed by atoms with E-state index in [-0.39, 0.29) is 11.6 Å². The van der Waals surface area contributed by atoms with Crippen LogP contribution in [-0.4, -0.2) is 10.8 Å². The number of benzene rings is 1. The Morgan fingerprint density at radius 2 is 1.88 bits per heavy atom. The van der Waals surface area contributed by atoms with Gasteiger partial charge < -0.3 is 5.73 Å². The van der Waals surface area contributed by atoms with Crippen LogP contribution in [0.1, 0.15) is 15.9 Å². The molecule has 0 aliphatic rings. The van der Waals surface area contributed by atoms with E-state index in [4.69, 9.17) is 5.73 Å². The van der Waals surface area contributed by atoms with Gasteiger partial charge in [0, 0.05) is 6.20 Å². The number of pyridine rings is 1.